The van der Waals surface area contributed by atoms with Crippen LogP contribution in [-0.2, 0) is 0 Å². The Morgan fingerprint density at radius 1 is 0.308 bits per heavy atom. The molecule has 6 aromatic rings. The highest BCUT2D eigenvalue weighted by molar-refractivity contribution is 7.20. The zero-order valence-electron chi connectivity index (χ0n) is 40.4. The molecule has 0 amide bonds. The minimum absolute atomic E-state index is 0.293. The SMILES string of the molecule is FC(F)(F)CCCCCCCCCCCCCCCCCCO[n+]1ccc2ccccc2c1.Fc1c(F)c(F)c([B-](c2c(F)c(F)c(F)c(F)c2F)(c2c(F)c(F)c(F)c(F)c2F)c2c(F)c(F)c(F)c(F)c2F)c(F)c1F. The average molecular weight is 1150 g/mol. The maximum atomic E-state index is 15.4. The van der Waals surface area contributed by atoms with E-state index in [9.17, 15) is 65.9 Å². The van der Waals surface area contributed by atoms with Gasteiger partial charge in [0.2, 0.25) is 12.4 Å². The molecule has 0 saturated heterocycles. The van der Waals surface area contributed by atoms with Gasteiger partial charge >= 0.3 is 6.18 Å². The summed E-state index contributed by atoms with van der Waals surface area (Å²) in [5.41, 5.74) is -14.3. The number of aromatic nitrogens is 1. The second-order valence-corrected chi connectivity index (χ2v) is 18.1. The van der Waals surface area contributed by atoms with E-state index < -0.39 is 157 Å². The number of hydrogen-bond acceptors (Lipinski definition) is 1. The highest BCUT2D eigenvalue weighted by Gasteiger charge is 2.52. The van der Waals surface area contributed by atoms with Gasteiger partial charge in [-0.25, -0.2) is 87.8 Å². The Bertz CT molecular complexity index is 2690. The molecule has 0 atom stereocenters. The predicted molar refractivity (Wildman–Crippen MR) is 239 cm³/mol. The van der Waals surface area contributed by atoms with Gasteiger partial charge < -0.3 is 0 Å². The van der Waals surface area contributed by atoms with E-state index in [4.69, 9.17) is 4.84 Å². The molecule has 2 nitrogen and oxygen atoms in total. The molecule has 26 heteroatoms. The summed E-state index contributed by atoms with van der Waals surface area (Å²) in [6.45, 7) is 0.760. The third kappa shape index (κ3) is 13.4. The molecule has 6 rings (SSSR count). The van der Waals surface area contributed by atoms with Crippen molar-refractivity contribution < 1.29 is 111 Å². The summed E-state index contributed by atoms with van der Waals surface area (Å²) in [5.74, 6) is -71.4. The summed E-state index contributed by atoms with van der Waals surface area (Å²) < 4.78 is 332. The second-order valence-electron chi connectivity index (χ2n) is 18.1. The molecule has 0 fully saturated rings. The van der Waals surface area contributed by atoms with Crippen molar-refractivity contribution in [2.75, 3.05) is 6.61 Å². The van der Waals surface area contributed by atoms with E-state index in [1.165, 1.54) is 81.4 Å². The number of rotatable bonds is 23. The number of benzene rings is 5. The van der Waals surface area contributed by atoms with Crippen LogP contribution >= 0.6 is 0 Å². The maximum Gasteiger partial charge on any atom is 0.389 e. The van der Waals surface area contributed by atoms with E-state index in [0.29, 0.717) is 6.42 Å². The number of halogens is 23. The Morgan fingerprint density at radius 2 is 0.551 bits per heavy atom. The van der Waals surface area contributed by atoms with E-state index in [1.807, 2.05) is 23.2 Å². The normalized spacial score (nSPS) is 11.9. The van der Waals surface area contributed by atoms with E-state index in [0.717, 1.165) is 32.3 Å². The fraction of sp³-hybridized carbons (Fsp3) is 0.365. The van der Waals surface area contributed by atoms with Gasteiger partial charge in [-0.15, -0.1) is 21.9 Å². The zero-order valence-corrected chi connectivity index (χ0v) is 40.4. The summed E-state index contributed by atoms with van der Waals surface area (Å²) in [7, 11) is 0. The van der Waals surface area contributed by atoms with Crippen molar-refractivity contribution in [1.82, 2.24) is 0 Å². The van der Waals surface area contributed by atoms with Gasteiger partial charge in [0.25, 0.3) is 0 Å². The first-order chi connectivity index (χ1) is 36.7. The lowest BCUT2D eigenvalue weighted by Crippen LogP contribution is -2.81. The first-order valence-corrected chi connectivity index (χ1v) is 24.1. The highest BCUT2D eigenvalue weighted by atomic mass is 19.4. The average Bonchev–Trinajstić information content (AvgIpc) is 3.28. The van der Waals surface area contributed by atoms with Crippen LogP contribution < -0.4 is 31.4 Å². The van der Waals surface area contributed by atoms with Gasteiger partial charge in [-0.3, -0.25) is 4.84 Å². The largest absolute Gasteiger partial charge is 0.389 e. The Labute approximate surface area is 429 Å². The van der Waals surface area contributed by atoms with Crippen molar-refractivity contribution in [3.05, 3.63) is 159 Å². The quantitative estimate of drug-likeness (QED) is 0.0156. The summed E-state index contributed by atoms with van der Waals surface area (Å²) in [6.07, 6.45) is 10.5. The molecule has 1 heterocycles. The van der Waals surface area contributed by atoms with Crippen molar-refractivity contribution in [3.8, 4) is 0 Å². The van der Waals surface area contributed by atoms with Crippen LogP contribution in [0.2, 0.25) is 0 Å². The van der Waals surface area contributed by atoms with E-state index in [1.54, 1.807) is 0 Å². The van der Waals surface area contributed by atoms with Crippen LogP contribution in [0.5, 0.6) is 0 Å². The molecule has 0 unspecified atom stereocenters. The number of unbranched alkanes of at least 4 members (excludes halogenated alkanes) is 15. The number of alkyl halides is 3. The van der Waals surface area contributed by atoms with Crippen LogP contribution in [-0.4, -0.2) is 18.9 Å². The van der Waals surface area contributed by atoms with Gasteiger partial charge in [-0.05, 0) is 30.7 Å². The molecular weight excluding hydrogens is 1100 g/mol. The molecule has 0 aliphatic carbocycles. The molecule has 5 aromatic carbocycles. The summed E-state index contributed by atoms with van der Waals surface area (Å²) >= 11 is 0. The van der Waals surface area contributed by atoms with Crippen LogP contribution in [0.3, 0.4) is 0 Å². The number of nitrogens with zero attached hydrogens (tertiary/aromatic N) is 1. The number of fused-ring (bicyclic) bond motifs is 1. The molecule has 0 radical (unpaired) electrons. The molecule has 0 spiro atoms. The molecule has 0 bridgehead atoms. The van der Waals surface area contributed by atoms with Crippen LogP contribution in [0.25, 0.3) is 10.8 Å². The van der Waals surface area contributed by atoms with Crippen molar-refractivity contribution in [2.45, 2.75) is 115 Å². The van der Waals surface area contributed by atoms with Gasteiger partial charge in [-0.1, -0.05) is 102 Å². The summed E-state index contributed by atoms with van der Waals surface area (Å²) in [5, 5.41) is 2.42. The van der Waals surface area contributed by atoms with E-state index >= 15 is 35.1 Å². The molecule has 0 N–H and O–H groups in total. The Kier molecular flexibility index (Phi) is 21.7. The Balaban J connectivity index is 0.000000302. The van der Waals surface area contributed by atoms with E-state index in [2.05, 4.69) is 24.3 Å². The molecular formula is C52H43BF23NO. The van der Waals surface area contributed by atoms with Gasteiger partial charge in [0.15, 0.2) is 76.4 Å². The lowest BCUT2D eigenvalue weighted by atomic mass is 9.12. The van der Waals surface area contributed by atoms with Crippen molar-refractivity contribution in [1.29, 1.82) is 0 Å². The molecule has 0 aliphatic rings. The molecule has 426 valence electrons. The minimum Gasteiger partial charge on any atom is -0.271 e. The number of pyridine rings is 1. The lowest BCUT2D eigenvalue weighted by molar-refractivity contribution is -0.890. The molecule has 0 aliphatic heterocycles. The van der Waals surface area contributed by atoms with Gasteiger partial charge in [-0.2, -0.15) is 13.2 Å². The van der Waals surface area contributed by atoms with Crippen molar-refractivity contribution in [2.24, 2.45) is 0 Å². The topological polar surface area (TPSA) is 13.1 Å². The van der Waals surface area contributed by atoms with Gasteiger partial charge in [0.1, 0.15) is 52.7 Å². The molecule has 1 aromatic heterocycles. The van der Waals surface area contributed by atoms with E-state index in [-0.39, 0.29) is 0 Å². The van der Waals surface area contributed by atoms with Crippen molar-refractivity contribution in [3.63, 3.8) is 0 Å². The van der Waals surface area contributed by atoms with Crippen molar-refractivity contribution >= 4 is 38.8 Å². The monoisotopic (exact) mass is 1150 g/mol. The van der Waals surface area contributed by atoms with Gasteiger partial charge in [0, 0.05) is 17.2 Å². The minimum atomic E-state index is -7.22. The third-order valence-corrected chi connectivity index (χ3v) is 13.0. The maximum absolute atomic E-state index is 15.4. The number of hydrogen-bond donors (Lipinski definition) is 0. The first kappa shape index (κ1) is 62.6. The van der Waals surface area contributed by atoms with Crippen LogP contribution in [0, 0.1) is 116 Å². The fourth-order valence-electron chi connectivity index (χ4n) is 9.14. The standard InChI is InChI=1S/C28H43F3NO.C24BF20/c29-28(30,31)22-17-13-11-9-7-5-3-1-2-4-6-8-10-12-14-18-24-33-32-23-21-26-19-15-16-20-27(26)25-32;26-5-1(6(27)14(35)21(42)13(5)34)25(2-7(28)15(36)22(43)16(37)8(2)29,3-9(30)17(38)23(44)18(39)10(3)31)4-11(32)19(40)24(45)20(41)12(4)33/h15-16,19-21,23,25H,1-14,17-18,22,24H2;/q+1;-1. The smallest absolute Gasteiger partial charge is 0.271 e. The first-order valence-electron chi connectivity index (χ1n) is 24.1. The zero-order chi connectivity index (χ0) is 58.0. The van der Waals surface area contributed by atoms with Gasteiger partial charge in [0.05, 0.1) is 5.39 Å². The third-order valence-electron chi connectivity index (χ3n) is 13.0. The molecule has 78 heavy (non-hydrogen) atoms. The lowest BCUT2D eigenvalue weighted by Gasteiger charge is -2.44. The molecule has 0 saturated carbocycles. The Morgan fingerprint density at radius 3 is 0.833 bits per heavy atom. The summed E-state index contributed by atoms with van der Waals surface area (Å²) in [4.78, 5) is 5.83. The summed E-state index contributed by atoms with van der Waals surface area (Å²) in [6, 6.07) is 10.4. The van der Waals surface area contributed by atoms with Crippen LogP contribution in [0.4, 0.5) is 101 Å². The fourth-order valence-corrected chi connectivity index (χ4v) is 9.14. The Hall–Kier alpha value is -6.24. The highest BCUT2D eigenvalue weighted by Crippen LogP contribution is 2.31. The second kappa shape index (κ2) is 27.1. The predicted octanol–water partition coefficient (Wildman–Crippen LogP) is 14.6. The van der Waals surface area contributed by atoms with Crippen LogP contribution in [0.1, 0.15) is 109 Å². The van der Waals surface area contributed by atoms with Crippen LogP contribution in [0.15, 0.2) is 42.7 Å².